The number of carbonyl (C=O) groups excluding carboxylic acids is 2. The van der Waals surface area contributed by atoms with Gasteiger partial charge in [0.2, 0.25) is 0 Å². The van der Waals surface area contributed by atoms with Gasteiger partial charge in [0.1, 0.15) is 0 Å². The van der Waals surface area contributed by atoms with Crippen LogP contribution in [0.2, 0.25) is 0 Å². The van der Waals surface area contributed by atoms with Gasteiger partial charge in [-0.1, -0.05) is 13.3 Å². The summed E-state index contributed by atoms with van der Waals surface area (Å²) in [7, 11) is 0. The van der Waals surface area contributed by atoms with E-state index < -0.39 is 11.3 Å². The van der Waals surface area contributed by atoms with E-state index in [0.717, 1.165) is 19.3 Å². The third kappa shape index (κ3) is 1.32. The minimum atomic E-state index is -0.726. The first-order chi connectivity index (χ1) is 7.01. The third-order valence-corrected chi connectivity index (χ3v) is 3.14. The van der Waals surface area contributed by atoms with Gasteiger partial charge in [0.15, 0.2) is 11.3 Å². The Morgan fingerprint density at radius 3 is 2.07 bits per heavy atom. The van der Waals surface area contributed by atoms with Crippen LogP contribution >= 0.6 is 0 Å². The molecule has 84 valence electrons. The SMILES string of the molecule is CCCCC12NC(=O)NC1(C)NC(=O)N2. The highest BCUT2D eigenvalue weighted by Crippen LogP contribution is 2.31. The Bertz CT molecular complexity index is 295. The molecule has 0 radical (unpaired) electrons. The molecule has 15 heavy (non-hydrogen) atoms. The molecule has 0 saturated carbocycles. The van der Waals surface area contributed by atoms with Crippen molar-refractivity contribution in [3.8, 4) is 0 Å². The molecule has 2 saturated heterocycles. The van der Waals surface area contributed by atoms with Gasteiger partial charge < -0.3 is 21.3 Å². The third-order valence-electron chi connectivity index (χ3n) is 3.14. The van der Waals surface area contributed by atoms with Crippen molar-refractivity contribution in [2.45, 2.75) is 44.4 Å². The van der Waals surface area contributed by atoms with E-state index >= 15 is 0 Å². The molecule has 4 N–H and O–H groups in total. The quantitative estimate of drug-likeness (QED) is 0.539. The molecule has 0 aromatic carbocycles. The van der Waals surface area contributed by atoms with Crippen LogP contribution < -0.4 is 21.3 Å². The van der Waals surface area contributed by atoms with E-state index in [1.54, 1.807) is 6.92 Å². The van der Waals surface area contributed by atoms with Crippen LogP contribution in [0, 0.1) is 0 Å². The average molecular weight is 212 g/mol. The summed E-state index contributed by atoms with van der Waals surface area (Å²) in [6, 6.07) is -0.498. The Morgan fingerprint density at radius 2 is 1.60 bits per heavy atom. The van der Waals surface area contributed by atoms with Crippen molar-refractivity contribution < 1.29 is 9.59 Å². The summed E-state index contributed by atoms with van der Waals surface area (Å²) in [5.74, 6) is 0. The normalized spacial score (nSPS) is 37.7. The molecule has 4 amide bonds. The number of fused-ring (bicyclic) bond motifs is 1. The monoisotopic (exact) mass is 212 g/mol. The molecular weight excluding hydrogens is 196 g/mol. The van der Waals surface area contributed by atoms with Crippen molar-refractivity contribution in [3.63, 3.8) is 0 Å². The number of hydrogen-bond donors (Lipinski definition) is 4. The second-order valence-corrected chi connectivity index (χ2v) is 4.29. The van der Waals surface area contributed by atoms with Crippen LogP contribution in [0.25, 0.3) is 0 Å². The highest BCUT2D eigenvalue weighted by molar-refractivity contribution is 5.87. The zero-order valence-electron chi connectivity index (χ0n) is 8.94. The first-order valence-electron chi connectivity index (χ1n) is 5.22. The maximum atomic E-state index is 11.3. The molecule has 0 bridgehead atoms. The van der Waals surface area contributed by atoms with Gasteiger partial charge >= 0.3 is 12.1 Å². The van der Waals surface area contributed by atoms with Gasteiger partial charge in [0.25, 0.3) is 0 Å². The summed E-state index contributed by atoms with van der Waals surface area (Å²) in [6.45, 7) is 3.88. The summed E-state index contributed by atoms with van der Waals surface area (Å²) < 4.78 is 0. The molecule has 0 aromatic heterocycles. The van der Waals surface area contributed by atoms with Crippen LogP contribution in [0.1, 0.15) is 33.1 Å². The highest BCUT2D eigenvalue weighted by Gasteiger charge is 2.61. The van der Waals surface area contributed by atoms with Crippen LogP contribution in [-0.2, 0) is 0 Å². The first kappa shape index (κ1) is 10.1. The van der Waals surface area contributed by atoms with E-state index in [4.69, 9.17) is 0 Å². The molecule has 0 atom stereocenters. The van der Waals surface area contributed by atoms with Crippen molar-refractivity contribution in [1.29, 1.82) is 0 Å². The molecule has 0 aliphatic carbocycles. The molecule has 2 aliphatic rings. The molecule has 0 unspecified atom stereocenters. The second-order valence-electron chi connectivity index (χ2n) is 4.29. The Kier molecular flexibility index (Phi) is 2.02. The molecule has 2 rings (SSSR count). The number of nitrogens with one attached hydrogen (secondary N) is 4. The molecule has 2 aliphatic heterocycles. The summed E-state index contributed by atoms with van der Waals surface area (Å²) in [5.41, 5.74) is -1.41. The smallest absolute Gasteiger partial charge is 0.312 e. The maximum absolute atomic E-state index is 11.3. The summed E-state index contributed by atoms with van der Waals surface area (Å²) >= 11 is 0. The molecule has 6 nitrogen and oxygen atoms in total. The number of urea groups is 2. The fraction of sp³-hybridized carbons (Fsp3) is 0.778. The topological polar surface area (TPSA) is 82.3 Å². The summed E-state index contributed by atoms with van der Waals surface area (Å²) in [5, 5.41) is 11.0. The molecule has 0 spiro atoms. The second kappa shape index (κ2) is 3.01. The van der Waals surface area contributed by atoms with Gasteiger partial charge in [-0.3, -0.25) is 0 Å². The van der Waals surface area contributed by atoms with Crippen molar-refractivity contribution in [2.75, 3.05) is 0 Å². The van der Waals surface area contributed by atoms with Crippen molar-refractivity contribution in [2.24, 2.45) is 0 Å². The lowest BCUT2D eigenvalue weighted by Crippen LogP contribution is -2.63. The van der Waals surface area contributed by atoms with Gasteiger partial charge in [-0.25, -0.2) is 9.59 Å². The lowest BCUT2D eigenvalue weighted by Gasteiger charge is -2.33. The number of unbranched alkanes of at least 4 members (excludes halogenated alkanes) is 1. The maximum Gasteiger partial charge on any atom is 0.318 e. The first-order valence-corrected chi connectivity index (χ1v) is 5.22. The Hall–Kier alpha value is -1.46. The number of carbonyl (C=O) groups is 2. The number of hydrogen-bond acceptors (Lipinski definition) is 2. The van der Waals surface area contributed by atoms with E-state index in [1.807, 2.05) is 0 Å². The Labute approximate surface area is 88.2 Å². The lowest BCUT2D eigenvalue weighted by molar-refractivity contribution is 0.205. The molecule has 2 heterocycles. The fourth-order valence-corrected chi connectivity index (χ4v) is 2.25. The standard InChI is InChI=1S/C9H16N4O2/c1-3-4-5-9-8(2,10-6(14)12-9)11-7(15)13-9/h3-5H2,1-2H3,(H2,10,12,14)(H2,11,13,15). The van der Waals surface area contributed by atoms with Crippen molar-refractivity contribution >= 4 is 12.1 Å². The Morgan fingerprint density at radius 1 is 1.07 bits per heavy atom. The van der Waals surface area contributed by atoms with Gasteiger partial charge in [0.05, 0.1) is 0 Å². The minimum Gasteiger partial charge on any atom is -0.312 e. The lowest BCUT2D eigenvalue weighted by atomic mass is 9.92. The van der Waals surface area contributed by atoms with Crippen LogP contribution in [0.5, 0.6) is 0 Å². The van der Waals surface area contributed by atoms with E-state index in [-0.39, 0.29) is 12.1 Å². The fourth-order valence-electron chi connectivity index (χ4n) is 2.25. The average Bonchev–Trinajstić information content (AvgIpc) is 2.46. The minimum absolute atomic E-state index is 0.249. The van der Waals surface area contributed by atoms with E-state index in [9.17, 15) is 9.59 Å². The summed E-state index contributed by atoms with van der Waals surface area (Å²) in [6.07, 6.45) is 2.68. The van der Waals surface area contributed by atoms with Crippen LogP contribution in [0.4, 0.5) is 9.59 Å². The van der Waals surface area contributed by atoms with Gasteiger partial charge in [-0.2, -0.15) is 0 Å². The highest BCUT2D eigenvalue weighted by atomic mass is 16.2. The number of rotatable bonds is 3. The summed E-state index contributed by atoms with van der Waals surface area (Å²) in [4.78, 5) is 22.6. The van der Waals surface area contributed by atoms with Gasteiger partial charge in [-0.05, 0) is 19.8 Å². The zero-order chi connectivity index (χ0) is 11.1. The van der Waals surface area contributed by atoms with E-state index in [2.05, 4.69) is 28.2 Å². The largest absolute Gasteiger partial charge is 0.318 e. The van der Waals surface area contributed by atoms with Gasteiger partial charge in [-0.15, -0.1) is 0 Å². The zero-order valence-corrected chi connectivity index (χ0v) is 8.94. The van der Waals surface area contributed by atoms with Crippen molar-refractivity contribution in [3.05, 3.63) is 0 Å². The van der Waals surface area contributed by atoms with Crippen LogP contribution in [-0.4, -0.2) is 23.4 Å². The molecular formula is C9H16N4O2. The van der Waals surface area contributed by atoms with Crippen molar-refractivity contribution in [1.82, 2.24) is 21.3 Å². The van der Waals surface area contributed by atoms with E-state index in [0.29, 0.717) is 0 Å². The molecule has 2 fully saturated rings. The Balaban J connectivity index is 2.24. The predicted octanol–water partition coefficient (Wildman–Crippen LogP) is 0.215. The van der Waals surface area contributed by atoms with Gasteiger partial charge in [0, 0.05) is 0 Å². The predicted molar refractivity (Wildman–Crippen MR) is 54.0 cm³/mol. The van der Waals surface area contributed by atoms with Crippen LogP contribution in [0.15, 0.2) is 0 Å². The number of amides is 4. The van der Waals surface area contributed by atoms with Crippen LogP contribution in [0.3, 0.4) is 0 Å². The molecule has 6 heteroatoms. The van der Waals surface area contributed by atoms with E-state index in [1.165, 1.54) is 0 Å². The molecule has 0 aromatic rings.